The van der Waals surface area contributed by atoms with Crippen molar-refractivity contribution in [2.24, 2.45) is 0 Å². The van der Waals surface area contributed by atoms with Crippen LogP contribution in [0.5, 0.6) is 0 Å². The Balaban J connectivity index is 1.45. The smallest absolute Gasteiger partial charge is 0.269 e. The number of hydrogen-bond acceptors (Lipinski definition) is 7. The first-order valence-electron chi connectivity index (χ1n) is 10.3. The molecule has 0 saturated carbocycles. The number of benzene rings is 1. The normalized spacial score (nSPS) is 20.7. The van der Waals surface area contributed by atoms with E-state index in [2.05, 4.69) is 22.1 Å². The van der Waals surface area contributed by atoms with Gasteiger partial charge in [0.15, 0.2) is 5.82 Å². The Morgan fingerprint density at radius 3 is 2.59 bits per heavy atom. The van der Waals surface area contributed by atoms with Crippen LogP contribution in [0.2, 0.25) is 0 Å². The van der Waals surface area contributed by atoms with Gasteiger partial charge in [-0.15, -0.1) is 0 Å². The van der Waals surface area contributed by atoms with Crippen LogP contribution >= 0.6 is 0 Å². The molecule has 29 heavy (non-hydrogen) atoms. The molecule has 0 bridgehead atoms. The Bertz CT molecular complexity index is 844. The standard InChI is InChI=1S/C21H27N5O3/c1-2-16-13-20(22-17-7-10-25(11-8-17)19-9-12-29-14-19)24-21(23-16)15-3-5-18(6-4-15)26(27)28/h3-6,13,17,19H,2,7-12,14H2,1H3,(H,22,23,24). The molecule has 8 heteroatoms. The van der Waals surface area contributed by atoms with Gasteiger partial charge in [0.1, 0.15) is 5.82 Å². The molecule has 0 radical (unpaired) electrons. The molecule has 2 saturated heterocycles. The zero-order chi connectivity index (χ0) is 20.2. The maximum atomic E-state index is 10.9. The van der Waals surface area contributed by atoms with E-state index in [1.807, 2.05) is 6.07 Å². The molecule has 3 heterocycles. The van der Waals surface area contributed by atoms with E-state index in [0.29, 0.717) is 17.9 Å². The predicted octanol–water partition coefficient (Wildman–Crippen LogP) is 3.28. The van der Waals surface area contributed by atoms with Gasteiger partial charge < -0.3 is 10.1 Å². The summed E-state index contributed by atoms with van der Waals surface area (Å²) in [6, 6.07) is 9.37. The third-order valence-corrected chi connectivity index (χ3v) is 5.78. The molecule has 1 aromatic carbocycles. The van der Waals surface area contributed by atoms with Crippen molar-refractivity contribution in [1.29, 1.82) is 0 Å². The van der Waals surface area contributed by atoms with Crippen molar-refractivity contribution in [3.05, 3.63) is 46.1 Å². The largest absolute Gasteiger partial charge is 0.380 e. The van der Waals surface area contributed by atoms with Crippen LogP contribution in [0.25, 0.3) is 11.4 Å². The number of aromatic nitrogens is 2. The highest BCUT2D eigenvalue weighted by atomic mass is 16.6. The summed E-state index contributed by atoms with van der Waals surface area (Å²) >= 11 is 0. The summed E-state index contributed by atoms with van der Waals surface area (Å²) in [7, 11) is 0. The molecule has 154 valence electrons. The van der Waals surface area contributed by atoms with E-state index in [-0.39, 0.29) is 5.69 Å². The quantitative estimate of drug-likeness (QED) is 0.590. The minimum atomic E-state index is -0.399. The molecule has 2 aromatic rings. The summed E-state index contributed by atoms with van der Waals surface area (Å²) in [6.45, 7) is 5.96. The average Bonchev–Trinajstić information content (AvgIpc) is 3.29. The molecule has 0 aliphatic carbocycles. The summed E-state index contributed by atoms with van der Waals surface area (Å²) in [5.74, 6) is 1.43. The first-order chi connectivity index (χ1) is 14.1. The maximum Gasteiger partial charge on any atom is 0.269 e. The molecule has 1 atom stereocenters. The molecule has 0 spiro atoms. The van der Waals surface area contributed by atoms with Crippen LogP contribution in [0.1, 0.15) is 31.9 Å². The van der Waals surface area contributed by atoms with Crippen LogP contribution < -0.4 is 5.32 Å². The number of nitro benzene ring substituents is 1. The average molecular weight is 397 g/mol. The zero-order valence-electron chi connectivity index (χ0n) is 16.7. The lowest BCUT2D eigenvalue weighted by Crippen LogP contribution is -2.45. The Hall–Kier alpha value is -2.58. The lowest BCUT2D eigenvalue weighted by molar-refractivity contribution is -0.384. The third kappa shape index (κ3) is 4.71. The summed E-state index contributed by atoms with van der Waals surface area (Å²) in [6.07, 6.45) is 4.10. The SMILES string of the molecule is CCc1cc(NC2CCN(C3CCOC3)CC2)nc(-c2ccc([N+](=O)[O-])cc2)n1. The number of likely N-dealkylation sites (tertiary alicyclic amines) is 1. The lowest BCUT2D eigenvalue weighted by atomic mass is 10.0. The first kappa shape index (κ1) is 19.7. The molecule has 8 nitrogen and oxygen atoms in total. The highest BCUT2D eigenvalue weighted by molar-refractivity contribution is 5.59. The van der Waals surface area contributed by atoms with Gasteiger partial charge in [0.2, 0.25) is 0 Å². The van der Waals surface area contributed by atoms with Crippen molar-refractivity contribution in [3.63, 3.8) is 0 Å². The van der Waals surface area contributed by atoms with Crippen LogP contribution in [0, 0.1) is 10.1 Å². The van der Waals surface area contributed by atoms with E-state index in [1.54, 1.807) is 12.1 Å². The Morgan fingerprint density at radius 1 is 1.21 bits per heavy atom. The van der Waals surface area contributed by atoms with Crippen molar-refractivity contribution in [2.45, 2.75) is 44.7 Å². The number of nitrogens with one attached hydrogen (secondary N) is 1. The molecule has 2 aliphatic heterocycles. The second-order valence-corrected chi connectivity index (χ2v) is 7.70. The Labute approximate surface area is 170 Å². The molecular formula is C21H27N5O3. The second kappa shape index (κ2) is 8.84. The number of rotatable bonds is 6. The van der Waals surface area contributed by atoms with Crippen molar-refractivity contribution < 1.29 is 9.66 Å². The van der Waals surface area contributed by atoms with E-state index >= 15 is 0 Å². The molecule has 0 amide bonds. The fraction of sp³-hybridized carbons (Fsp3) is 0.524. The van der Waals surface area contributed by atoms with Gasteiger partial charge in [0.05, 0.1) is 11.5 Å². The van der Waals surface area contributed by atoms with Gasteiger partial charge in [-0.25, -0.2) is 9.97 Å². The van der Waals surface area contributed by atoms with Gasteiger partial charge in [0.25, 0.3) is 5.69 Å². The molecule has 1 aromatic heterocycles. The number of aryl methyl sites for hydroxylation is 1. The minimum absolute atomic E-state index is 0.0677. The summed E-state index contributed by atoms with van der Waals surface area (Å²) in [5.41, 5.74) is 1.81. The maximum absolute atomic E-state index is 10.9. The molecule has 1 unspecified atom stereocenters. The van der Waals surface area contributed by atoms with Crippen molar-refractivity contribution in [3.8, 4) is 11.4 Å². The number of hydrogen-bond donors (Lipinski definition) is 1. The molecule has 1 N–H and O–H groups in total. The van der Waals surface area contributed by atoms with E-state index in [4.69, 9.17) is 9.72 Å². The monoisotopic (exact) mass is 397 g/mol. The molecular weight excluding hydrogens is 370 g/mol. The fourth-order valence-corrected chi connectivity index (χ4v) is 4.04. The predicted molar refractivity (Wildman–Crippen MR) is 111 cm³/mol. The molecule has 2 fully saturated rings. The highest BCUT2D eigenvalue weighted by Crippen LogP contribution is 2.24. The summed E-state index contributed by atoms with van der Waals surface area (Å²) in [5, 5.41) is 14.5. The van der Waals surface area contributed by atoms with Crippen molar-refractivity contribution >= 4 is 11.5 Å². The number of nitrogens with zero attached hydrogens (tertiary/aromatic N) is 4. The molecule has 2 aliphatic rings. The summed E-state index contributed by atoms with van der Waals surface area (Å²) in [4.78, 5) is 22.3. The van der Waals surface area contributed by atoms with Gasteiger partial charge in [-0.1, -0.05) is 6.92 Å². The van der Waals surface area contributed by atoms with Gasteiger partial charge in [-0.2, -0.15) is 0 Å². The fourth-order valence-electron chi connectivity index (χ4n) is 4.04. The van der Waals surface area contributed by atoms with Crippen molar-refractivity contribution in [1.82, 2.24) is 14.9 Å². The Kier molecular flexibility index (Phi) is 6.01. The number of non-ortho nitro benzene ring substituents is 1. The number of nitro groups is 1. The van der Waals surface area contributed by atoms with Gasteiger partial charge >= 0.3 is 0 Å². The van der Waals surface area contributed by atoms with Gasteiger partial charge in [-0.05, 0) is 37.8 Å². The number of ether oxygens (including phenoxy) is 1. The Morgan fingerprint density at radius 2 is 1.97 bits per heavy atom. The van der Waals surface area contributed by atoms with Crippen LogP contribution in [0.15, 0.2) is 30.3 Å². The molecule has 4 rings (SSSR count). The summed E-state index contributed by atoms with van der Waals surface area (Å²) < 4.78 is 5.52. The topological polar surface area (TPSA) is 93.4 Å². The number of piperidine rings is 1. The lowest BCUT2D eigenvalue weighted by Gasteiger charge is -2.35. The van der Waals surface area contributed by atoms with Crippen LogP contribution in [0.3, 0.4) is 0 Å². The van der Waals surface area contributed by atoms with Crippen LogP contribution in [-0.2, 0) is 11.2 Å². The van der Waals surface area contributed by atoms with Crippen molar-refractivity contribution in [2.75, 3.05) is 31.6 Å². The second-order valence-electron chi connectivity index (χ2n) is 7.70. The third-order valence-electron chi connectivity index (χ3n) is 5.78. The first-order valence-corrected chi connectivity index (χ1v) is 10.3. The van der Waals surface area contributed by atoms with Crippen LogP contribution in [0.4, 0.5) is 11.5 Å². The zero-order valence-corrected chi connectivity index (χ0v) is 16.7. The van der Waals surface area contributed by atoms with E-state index < -0.39 is 4.92 Å². The minimum Gasteiger partial charge on any atom is -0.380 e. The van der Waals surface area contributed by atoms with Crippen LogP contribution in [-0.4, -0.2) is 58.2 Å². The van der Waals surface area contributed by atoms with E-state index in [9.17, 15) is 10.1 Å². The number of anilines is 1. The van der Waals surface area contributed by atoms with Gasteiger partial charge in [-0.3, -0.25) is 15.0 Å². The van der Waals surface area contributed by atoms with E-state index in [0.717, 1.165) is 69.1 Å². The highest BCUT2D eigenvalue weighted by Gasteiger charge is 2.27. The van der Waals surface area contributed by atoms with E-state index in [1.165, 1.54) is 12.1 Å². The van der Waals surface area contributed by atoms with Gasteiger partial charge in [0, 0.05) is 61.2 Å².